The maximum absolute atomic E-state index is 12.9. The van der Waals surface area contributed by atoms with E-state index < -0.39 is 5.54 Å². The van der Waals surface area contributed by atoms with Crippen LogP contribution in [0.25, 0.3) is 0 Å². The van der Waals surface area contributed by atoms with Crippen molar-refractivity contribution in [2.45, 2.75) is 38.1 Å². The average molecular weight is 440 g/mol. The molecule has 5 nitrogen and oxygen atoms in total. The monoisotopic (exact) mass is 438 g/mol. The quantitative estimate of drug-likeness (QED) is 0.786. The normalized spacial score (nSPS) is 21.2. The first-order chi connectivity index (χ1) is 11.5. The fraction of sp³-hybridized carbons (Fsp3) is 0.684. The summed E-state index contributed by atoms with van der Waals surface area (Å²) >= 11 is 0. The fourth-order valence-corrected chi connectivity index (χ4v) is 4.22. The molecule has 0 radical (unpaired) electrons. The van der Waals surface area contributed by atoms with Crippen LogP contribution in [0.5, 0.6) is 0 Å². The summed E-state index contributed by atoms with van der Waals surface area (Å²) in [5, 5.41) is 0. The van der Waals surface area contributed by atoms with E-state index in [4.69, 9.17) is 5.73 Å². The van der Waals surface area contributed by atoms with E-state index in [0.29, 0.717) is 0 Å². The highest BCUT2D eigenvalue weighted by atomic mass is 35.5. The van der Waals surface area contributed by atoms with Gasteiger partial charge in [0.1, 0.15) is 5.54 Å². The number of nitrogens with zero attached hydrogens (tertiary/aromatic N) is 3. The van der Waals surface area contributed by atoms with Crippen molar-refractivity contribution >= 4 is 43.1 Å². The molecule has 8 heteroatoms. The van der Waals surface area contributed by atoms with Gasteiger partial charge in [-0.1, -0.05) is 0 Å². The molecule has 0 spiro atoms. The molecular formula is C19H33Cl3N4O. The van der Waals surface area contributed by atoms with Gasteiger partial charge in [0.25, 0.3) is 0 Å². The molecule has 27 heavy (non-hydrogen) atoms. The number of amides is 1. The lowest BCUT2D eigenvalue weighted by Gasteiger charge is -2.41. The van der Waals surface area contributed by atoms with Crippen LogP contribution in [-0.4, -0.2) is 53.9 Å². The highest BCUT2D eigenvalue weighted by Gasteiger charge is 2.37. The predicted molar refractivity (Wildman–Crippen MR) is 117 cm³/mol. The number of likely N-dealkylation sites (tertiary alicyclic amines) is 2. The molecule has 2 saturated heterocycles. The van der Waals surface area contributed by atoms with Crippen LogP contribution in [-0.2, 0) is 10.3 Å². The standard InChI is InChI=1S/C19H30N4O.3ClH/c1-19(20,17-3-9-21-10-4-17)18(24)23-13-7-16(8-14-23)15-5-11-22(2)12-6-15;;;/h3-4,9-10,15-16H,5-8,11-14,20H2,1-2H3;3*1H/t19-;;;/m0.../s1. The Morgan fingerprint density at radius 1 is 1.00 bits per heavy atom. The molecule has 2 N–H and O–H groups in total. The molecule has 3 heterocycles. The molecule has 0 unspecified atom stereocenters. The summed E-state index contributed by atoms with van der Waals surface area (Å²) < 4.78 is 0. The van der Waals surface area contributed by atoms with Crippen molar-refractivity contribution in [3.63, 3.8) is 0 Å². The van der Waals surface area contributed by atoms with Crippen molar-refractivity contribution in [2.24, 2.45) is 17.6 Å². The van der Waals surface area contributed by atoms with E-state index in [0.717, 1.165) is 43.3 Å². The van der Waals surface area contributed by atoms with Gasteiger partial charge in [-0.3, -0.25) is 9.78 Å². The SMILES string of the molecule is CN1CCC(C2CCN(C(=O)[C@@](C)(N)c3ccncc3)CC2)CC1.Cl.Cl.Cl. The summed E-state index contributed by atoms with van der Waals surface area (Å²) in [5.74, 6) is 1.64. The molecule has 2 aliphatic rings. The zero-order valence-corrected chi connectivity index (χ0v) is 18.6. The number of carbonyl (C=O) groups is 1. The van der Waals surface area contributed by atoms with Crippen LogP contribution >= 0.6 is 37.2 Å². The van der Waals surface area contributed by atoms with Crippen LogP contribution in [0.2, 0.25) is 0 Å². The topological polar surface area (TPSA) is 62.5 Å². The zero-order chi connectivity index (χ0) is 17.2. The van der Waals surface area contributed by atoms with Crippen LogP contribution in [0.3, 0.4) is 0 Å². The van der Waals surface area contributed by atoms with E-state index in [1.54, 1.807) is 12.4 Å². The Hall–Kier alpha value is -0.590. The lowest BCUT2D eigenvalue weighted by molar-refractivity contribution is -0.138. The van der Waals surface area contributed by atoms with Gasteiger partial charge in [-0.25, -0.2) is 0 Å². The van der Waals surface area contributed by atoms with Gasteiger partial charge in [0.15, 0.2) is 0 Å². The zero-order valence-electron chi connectivity index (χ0n) is 16.2. The summed E-state index contributed by atoms with van der Waals surface area (Å²) in [7, 11) is 2.21. The maximum Gasteiger partial charge on any atom is 0.246 e. The second kappa shape index (κ2) is 11.4. The summed E-state index contributed by atoms with van der Waals surface area (Å²) in [4.78, 5) is 21.3. The van der Waals surface area contributed by atoms with Crippen molar-refractivity contribution in [1.29, 1.82) is 0 Å². The Balaban J connectivity index is 0.00000225. The minimum absolute atomic E-state index is 0. The first-order valence-corrected chi connectivity index (χ1v) is 9.16. The number of nitrogens with two attached hydrogens (primary N) is 1. The Morgan fingerprint density at radius 3 is 1.93 bits per heavy atom. The second-order valence-electron chi connectivity index (χ2n) is 7.71. The molecule has 1 amide bonds. The number of rotatable bonds is 3. The molecule has 0 aliphatic carbocycles. The minimum atomic E-state index is -0.969. The van der Waals surface area contributed by atoms with E-state index in [9.17, 15) is 4.79 Å². The summed E-state index contributed by atoms with van der Waals surface area (Å²) in [6.45, 7) is 5.93. The second-order valence-corrected chi connectivity index (χ2v) is 7.71. The molecule has 0 saturated carbocycles. The van der Waals surface area contributed by atoms with E-state index in [1.807, 2.05) is 24.0 Å². The highest BCUT2D eigenvalue weighted by molar-refractivity contribution is 5.87. The number of halogens is 3. The molecule has 0 bridgehead atoms. The van der Waals surface area contributed by atoms with Gasteiger partial charge in [-0.15, -0.1) is 37.2 Å². The maximum atomic E-state index is 12.9. The van der Waals surface area contributed by atoms with E-state index in [2.05, 4.69) is 16.9 Å². The van der Waals surface area contributed by atoms with Crippen molar-refractivity contribution in [1.82, 2.24) is 14.8 Å². The molecule has 1 aromatic rings. The largest absolute Gasteiger partial charge is 0.341 e. The van der Waals surface area contributed by atoms with Crippen LogP contribution in [0.15, 0.2) is 24.5 Å². The van der Waals surface area contributed by atoms with Crippen LogP contribution in [0.4, 0.5) is 0 Å². The van der Waals surface area contributed by atoms with Gasteiger partial charge in [0.2, 0.25) is 5.91 Å². The van der Waals surface area contributed by atoms with Gasteiger partial charge in [0, 0.05) is 25.5 Å². The summed E-state index contributed by atoms with van der Waals surface area (Å²) in [6, 6.07) is 3.67. The van der Waals surface area contributed by atoms with Crippen LogP contribution in [0.1, 0.15) is 38.2 Å². The molecule has 1 atom stereocenters. The Kier molecular flexibility index (Phi) is 11.2. The highest BCUT2D eigenvalue weighted by Crippen LogP contribution is 2.33. The van der Waals surface area contributed by atoms with Crippen molar-refractivity contribution < 1.29 is 4.79 Å². The van der Waals surface area contributed by atoms with E-state index in [-0.39, 0.29) is 43.1 Å². The number of aromatic nitrogens is 1. The van der Waals surface area contributed by atoms with Crippen molar-refractivity contribution in [3.8, 4) is 0 Å². The first kappa shape index (κ1) is 26.4. The predicted octanol–water partition coefficient (Wildman–Crippen LogP) is 3.10. The fourth-order valence-electron chi connectivity index (χ4n) is 4.22. The molecular weight excluding hydrogens is 407 g/mol. The third-order valence-corrected chi connectivity index (χ3v) is 5.98. The summed E-state index contributed by atoms with van der Waals surface area (Å²) in [6.07, 6.45) is 8.24. The number of hydrogen-bond donors (Lipinski definition) is 1. The summed E-state index contributed by atoms with van der Waals surface area (Å²) in [5.41, 5.74) is 6.24. The number of pyridine rings is 1. The van der Waals surface area contributed by atoms with Crippen molar-refractivity contribution in [3.05, 3.63) is 30.1 Å². The van der Waals surface area contributed by atoms with E-state index in [1.165, 1.54) is 25.9 Å². The lowest BCUT2D eigenvalue weighted by Crippen LogP contribution is -2.53. The Labute approximate surface area is 181 Å². The lowest BCUT2D eigenvalue weighted by atomic mass is 9.78. The first-order valence-electron chi connectivity index (χ1n) is 9.16. The molecule has 2 aliphatic heterocycles. The van der Waals surface area contributed by atoms with Gasteiger partial charge >= 0.3 is 0 Å². The van der Waals surface area contributed by atoms with Gasteiger partial charge in [-0.05, 0) is 82.3 Å². The number of piperidine rings is 2. The minimum Gasteiger partial charge on any atom is -0.341 e. The van der Waals surface area contributed by atoms with Crippen LogP contribution < -0.4 is 5.73 Å². The Bertz CT molecular complexity index is 557. The van der Waals surface area contributed by atoms with Gasteiger partial charge < -0.3 is 15.5 Å². The third-order valence-electron chi connectivity index (χ3n) is 5.98. The van der Waals surface area contributed by atoms with Crippen LogP contribution in [0, 0.1) is 11.8 Å². The van der Waals surface area contributed by atoms with Gasteiger partial charge in [0.05, 0.1) is 0 Å². The third kappa shape index (κ3) is 6.20. The molecule has 2 fully saturated rings. The molecule has 3 rings (SSSR count). The smallest absolute Gasteiger partial charge is 0.246 e. The van der Waals surface area contributed by atoms with E-state index >= 15 is 0 Å². The van der Waals surface area contributed by atoms with Gasteiger partial charge in [-0.2, -0.15) is 0 Å². The number of carbonyl (C=O) groups excluding carboxylic acids is 1. The molecule has 156 valence electrons. The Morgan fingerprint density at radius 2 is 1.44 bits per heavy atom. The number of hydrogen-bond acceptors (Lipinski definition) is 4. The molecule has 1 aromatic heterocycles. The average Bonchev–Trinajstić information content (AvgIpc) is 2.62. The van der Waals surface area contributed by atoms with Crippen molar-refractivity contribution in [2.75, 3.05) is 33.2 Å². The molecule has 0 aromatic carbocycles.